The zero-order valence-electron chi connectivity index (χ0n) is 11.8. The van der Waals surface area contributed by atoms with Crippen LogP contribution < -0.4 is 11.1 Å². The number of hydrogen-bond donors (Lipinski definition) is 2. The van der Waals surface area contributed by atoms with Crippen LogP contribution in [-0.2, 0) is 11.3 Å². The largest absolute Gasteiger partial charge is 0.399 e. The van der Waals surface area contributed by atoms with E-state index in [-0.39, 0.29) is 11.8 Å². The number of benzene rings is 1. The molecule has 2 aromatic rings. The molecule has 106 valence electrons. The first-order valence-corrected chi connectivity index (χ1v) is 7.53. The van der Waals surface area contributed by atoms with Crippen LogP contribution in [0.3, 0.4) is 0 Å². The third-order valence-corrected chi connectivity index (χ3v) is 4.25. The predicted molar refractivity (Wildman–Crippen MR) is 84.8 cm³/mol. The highest BCUT2D eigenvalue weighted by molar-refractivity contribution is 7.11. The molecule has 0 fully saturated rings. The Labute approximate surface area is 123 Å². The molecule has 0 bridgehead atoms. The molecule has 0 spiro atoms. The van der Waals surface area contributed by atoms with Gasteiger partial charge in [-0.2, -0.15) is 0 Å². The number of hydrogen-bond acceptors (Lipinski definition) is 3. The number of aryl methyl sites for hydroxylation is 1. The molecule has 1 aromatic carbocycles. The number of nitrogens with two attached hydrogens (primary N) is 1. The monoisotopic (exact) mass is 288 g/mol. The predicted octanol–water partition coefficient (Wildman–Crippen LogP) is 3.45. The molecule has 0 aliphatic rings. The molecule has 3 nitrogen and oxygen atoms in total. The molecule has 2 rings (SSSR count). The summed E-state index contributed by atoms with van der Waals surface area (Å²) in [5.74, 6) is 0.279. The van der Waals surface area contributed by atoms with Gasteiger partial charge in [0.25, 0.3) is 0 Å². The van der Waals surface area contributed by atoms with Crippen LogP contribution in [0.2, 0.25) is 0 Å². The van der Waals surface area contributed by atoms with E-state index in [1.54, 1.807) is 11.3 Å². The maximum atomic E-state index is 11.9. The van der Waals surface area contributed by atoms with Crippen molar-refractivity contribution in [3.63, 3.8) is 0 Å². The van der Waals surface area contributed by atoms with Crippen molar-refractivity contribution in [3.05, 3.63) is 51.7 Å². The zero-order valence-corrected chi connectivity index (χ0v) is 12.7. The number of rotatable bonds is 5. The highest BCUT2D eigenvalue weighted by Crippen LogP contribution is 2.20. The Balaban J connectivity index is 1.83. The lowest BCUT2D eigenvalue weighted by Gasteiger charge is -2.12. The molecule has 1 aromatic heterocycles. The number of carbonyl (C=O) groups is 1. The standard InChI is InChI=1S/C16H20N2OS/c1-11(13-4-6-14(17)7-5-13)9-16(19)18-10-15-8-3-12(2)20-15/h3-8,11H,9-10,17H2,1-2H3,(H,18,19). The van der Waals surface area contributed by atoms with Gasteiger partial charge in [-0.25, -0.2) is 0 Å². The SMILES string of the molecule is Cc1ccc(CNC(=O)CC(C)c2ccc(N)cc2)s1. The Hall–Kier alpha value is -1.81. The summed E-state index contributed by atoms with van der Waals surface area (Å²) < 4.78 is 0. The van der Waals surface area contributed by atoms with E-state index in [4.69, 9.17) is 5.73 Å². The van der Waals surface area contributed by atoms with Gasteiger partial charge >= 0.3 is 0 Å². The van der Waals surface area contributed by atoms with Crippen molar-refractivity contribution in [3.8, 4) is 0 Å². The Morgan fingerprint density at radius 2 is 1.95 bits per heavy atom. The van der Waals surface area contributed by atoms with Crippen LogP contribution in [0, 0.1) is 6.92 Å². The Kier molecular flexibility index (Phi) is 4.79. The van der Waals surface area contributed by atoms with E-state index in [9.17, 15) is 4.79 Å². The van der Waals surface area contributed by atoms with Gasteiger partial charge in [-0.05, 0) is 42.7 Å². The molecule has 3 N–H and O–H groups in total. The Morgan fingerprint density at radius 1 is 1.25 bits per heavy atom. The van der Waals surface area contributed by atoms with Gasteiger partial charge < -0.3 is 11.1 Å². The van der Waals surface area contributed by atoms with Crippen molar-refractivity contribution in [1.82, 2.24) is 5.32 Å². The van der Waals surface area contributed by atoms with Gasteiger partial charge in [0.1, 0.15) is 0 Å². The first-order valence-electron chi connectivity index (χ1n) is 6.72. The number of amides is 1. The minimum absolute atomic E-state index is 0.0837. The minimum Gasteiger partial charge on any atom is -0.399 e. The number of nitrogens with one attached hydrogen (secondary N) is 1. The summed E-state index contributed by atoms with van der Waals surface area (Å²) in [4.78, 5) is 14.4. The molecule has 0 radical (unpaired) electrons. The van der Waals surface area contributed by atoms with E-state index in [1.165, 1.54) is 9.75 Å². The summed E-state index contributed by atoms with van der Waals surface area (Å²) >= 11 is 1.72. The van der Waals surface area contributed by atoms with Crippen LogP contribution in [0.25, 0.3) is 0 Å². The molecule has 0 aliphatic carbocycles. The van der Waals surface area contributed by atoms with Gasteiger partial charge in [0.15, 0.2) is 0 Å². The fourth-order valence-corrected chi connectivity index (χ4v) is 2.89. The van der Waals surface area contributed by atoms with E-state index in [0.717, 1.165) is 11.3 Å². The van der Waals surface area contributed by atoms with Crippen molar-refractivity contribution in [2.24, 2.45) is 0 Å². The molecule has 1 amide bonds. The number of thiophene rings is 1. The summed E-state index contributed by atoms with van der Waals surface area (Å²) in [5, 5.41) is 2.97. The van der Waals surface area contributed by atoms with Gasteiger partial charge in [-0.1, -0.05) is 19.1 Å². The van der Waals surface area contributed by atoms with Crippen LogP contribution in [0.15, 0.2) is 36.4 Å². The van der Waals surface area contributed by atoms with Gasteiger partial charge in [0.2, 0.25) is 5.91 Å². The molecule has 0 saturated heterocycles. The molecule has 4 heteroatoms. The van der Waals surface area contributed by atoms with Crippen LogP contribution >= 0.6 is 11.3 Å². The fourth-order valence-electron chi connectivity index (χ4n) is 2.06. The molecule has 0 saturated carbocycles. The second-order valence-corrected chi connectivity index (χ2v) is 6.43. The third-order valence-electron chi connectivity index (χ3n) is 3.25. The van der Waals surface area contributed by atoms with E-state index in [2.05, 4.69) is 31.3 Å². The molecule has 1 atom stereocenters. The van der Waals surface area contributed by atoms with Crippen molar-refractivity contribution >= 4 is 22.9 Å². The maximum Gasteiger partial charge on any atom is 0.220 e. The van der Waals surface area contributed by atoms with Crippen molar-refractivity contribution < 1.29 is 4.79 Å². The maximum absolute atomic E-state index is 11.9. The van der Waals surface area contributed by atoms with Gasteiger partial charge in [0.05, 0.1) is 6.54 Å². The van der Waals surface area contributed by atoms with Gasteiger partial charge in [-0.15, -0.1) is 11.3 Å². The summed E-state index contributed by atoms with van der Waals surface area (Å²) in [6.07, 6.45) is 0.494. The summed E-state index contributed by atoms with van der Waals surface area (Å²) in [6.45, 7) is 4.74. The average Bonchev–Trinajstić information content (AvgIpc) is 2.83. The van der Waals surface area contributed by atoms with E-state index < -0.39 is 0 Å². The summed E-state index contributed by atoms with van der Waals surface area (Å²) in [6, 6.07) is 11.8. The summed E-state index contributed by atoms with van der Waals surface area (Å²) in [5.41, 5.74) is 7.55. The second-order valence-electron chi connectivity index (χ2n) is 5.06. The normalized spacial score (nSPS) is 12.1. The van der Waals surface area contributed by atoms with Crippen LogP contribution in [-0.4, -0.2) is 5.91 Å². The molecular formula is C16H20N2OS. The van der Waals surface area contributed by atoms with Crippen LogP contribution in [0.5, 0.6) is 0 Å². The molecule has 0 aliphatic heterocycles. The Bertz CT molecular complexity index is 574. The number of nitrogen functional groups attached to an aromatic ring is 1. The molecule has 1 heterocycles. The lowest BCUT2D eigenvalue weighted by Crippen LogP contribution is -2.23. The topological polar surface area (TPSA) is 55.1 Å². The molecular weight excluding hydrogens is 268 g/mol. The average molecular weight is 288 g/mol. The van der Waals surface area contributed by atoms with Gasteiger partial charge in [0, 0.05) is 21.9 Å². The Morgan fingerprint density at radius 3 is 2.55 bits per heavy atom. The van der Waals surface area contributed by atoms with E-state index in [1.807, 2.05) is 24.3 Å². The van der Waals surface area contributed by atoms with Gasteiger partial charge in [-0.3, -0.25) is 4.79 Å². The smallest absolute Gasteiger partial charge is 0.220 e. The van der Waals surface area contributed by atoms with Crippen LogP contribution in [0.4, 0.5) is 5.69 Å². The molecule has 1 unspecified atom stereocenters. The van der Waals surface area contributed by atoms with Crippen molar-refractivity contribution in [2.45, 2.75) is 32.7 Å². The highest BCUT2D eigenvalue weighted by atomic mass is 32.1. The number of carbonyl (C=O) groups excluding carboxylic acids is 1. The first-order chi connectivity index (χ1) is 9.54. The molecule has 20 heavy (non-hydrogen) atoms. The lowest BCUT2D eigenvalue weighted by atomic mass is 9.97. The highest BCUT2D eigenvalue weighted by Gasteiger charge is 2.11. The quantitative estimate of drug-likeness (QED) is 0.828. The van der Waals surface area contributed by atoms with E-state index in [0.29, 0.717) is 13.0 Å². The van der Waals surface area contributed by atoms with E-state index >= 15 is 0 Å². The lowest BCUT2D eigenvalue weighted by molar-refractivity contribution is -0.121. The van der Waals surface area contributed by atoms with Crippen LogP contribution in [0.1, 0.15) is 34.6 Å². The number of anilines is 1. The summed E-state index contributed by atoms with van der Waals surface area (Å²) in [7, 11) is 0. The first kappa shape index (κ1) is 14.6. The minimum atomic E-state index is 0.0837. The van der Waals surface area contributed by atoms with Crippen molar-refractivity contribution in [1.29, 1.82) is 0 Å². The zero-order chi connectivity index (χ0) is 14.5. The van der Waals surface area contributed by atoms with Crippen molar-refractivity contribution in [2.75, 3.05) is 5.73 Å². The second kappa shape index (κ2) is 6.57. The third kappa shape index (κ3) is 4.10. The fraction of sp³-hybridized carbons (Fsp3) is 0.312.